The molecule has 0 aliphatic carbocycles. The Kier molecular flexibility index (Phi) is 5.31. The second kappa shape index (κ2) is 7.82. The number of carbonyl (C=O) groups is 2. The zero-order chi connectivity index (χ0) is 18.5. The predicted molar refractivity (Wildman–Crippen MR) is 101 cm³/mol. The molecule has 1 aliphatic rings. The molecule has 134 valence electrons. The van der Waals surface area contributed by atoms with E-state index in [1.807, 2.05) is 50.2 Å². The van der Waals surface area contributed by atoms with Gasteiger partial charge < -0.3 is 15.1 Å². The number of benzene rings is 2. The second-order valence-corrected chi connectivity index (χ2v) is 6.31. The molecule has 0 saturated heterocycles. The van der Waals surface area contributed by atoms with Crippen molar-refractivity contribution in [3.63, 3.8) is 0 Å². The fourth-order valence-electron chi connectivity index (χ4n) is 3.00. The molecule has 1 heterocycles. The Balaban J connectivity index is 1.50. The van der Waals surface area contributed by atoms with Gasteiger partial charge in [0.1, 0.15) is 6.21 Å². The Labute approximate surface area is 152 Å². The van der Waals surface area contributed by atoms with Gasteiger partial charge in [-0.15, -0.1) is 0 Å². The number of rotatable bonds is 5. The molecule has 0 radical (unpaired) electrons. The molecule has 0 spiro atoms. The first-order valence-electron chi connectivity index (χ1n) is 8.47. The number of nitrogens with zero attached hydrogens (tertiary/aromatic N) is 2. The van der Waals surface area contributed by atoms with Gasteiger partial charge in [0.25, 0.3) is 11.8 Å². The van der Waals surface area contributed by atoms with Gasteiger partial charge >= 0.3 is 0 Å². The van der Waals surface area contributed by atoms with Crippen molar-refractivity contribution in [3.05, 3.63) is 59.7 Å². The highest BCUT2D eigenvalue weighted by atomic mass is 16.6. The van der Waals surface area contributed by atoms with Gasteiger partial charge in [-0.1, -0.05) is 41.1 Å². The van der Waals surface area contributed by atoms with Crippen molar-refractivity contribution in [3.8, 4) is 0 Å². The Morgan fingerprint density at radius 3 is 2.73 bits per heavy atom. The van der Waals surface area contributed by atoms with Crippen LogP contribution in [0.5, 0.6) is 0 Å². The van der Waals surface area contributed by atoms with Crippen LogP contribution in [-0.2, 0) is 20.8 Å². The summed E-state index contributed by atoms with van der Waals surface area (Å²) in [4.78, 5) is 30.9. The topological polar surface area (TPSA) is 71.0 Å². The molecule has 6 heteroatoms. The fraction of sp³-hybridized carbons (Fsp3) is 0.250. The molecule has 1 N–H and O–H groups in total. The molecule has 1 aliphatic heterocycles. The van der Waals surface area contributed by atoms with E-state index in [9.17, 15) is 9.59 Å². The Bertz CT molecular complexity index is 830. The molecule has 0 aromatic heterocycles. The molecule has 6 nitrogen and oxygen atoms in total. The van der Waals surface area contributed by atoms with Crippen LogP contribution in [0.1, 0.15) is 18.1 Å². The van der Waals surface area contributed by atoms with Crippen molar-refractivity contribution in [2.24, 2.45) is 5.16 Å². The standard InChI is InChI=1S/C20H21N3O3/c1-14-7-9-17(10-8-14)22-19(24)12-21-26-13-20(25)23-15(2)11-16-5-3-4-6-18(16)23/h3-10,12,15H,11,13H2,1-2H3,(H,22,24)/b21-12+. The van der Waals surface area contributed by atoms with Crippen molar-refractivity contribution < 1.29 is 14.4 Å². The molecular weight excluding hydrogens is 330 g/mol. The highest BCUT2D eigenvalue weighted by molar-refractivity contribution is 6.31. The number of carbonyl (C=O) groups excluding carboxylic acids is 2. The molecule has 3 rings (SSSR count). The summed E-state index contributed by atoms with van der Waals surface area (Å²) in [7, 11) is 0. The smallest absolute Gasteiger partial charge is 0.270 e. The molecule has 26 heavy (non-hydrogen) atoms. The summed E-state index contributed by atoms with van der Waals surface area (Å²) in [5.74, 6) is -0.597. The van der Waals surface area contributed by atoms with E-state index in [1.165, 1.54) is 0 Å². The number of anilines is 2. The first-order chi connectivity index (χ1) is 12.5. The SMILES string of the molecule is Cc1ccc(NC(=O)/C=N/OCC(=O)N2c3ccccc3CC2C)cc1. The van der Waals surface area contributed by atoms with Gasteiger partial charge in [0, 0.05) is 17.4 Å². The summed E-state index contributed by atoms with van der Waals surface area (Å²) in [5, 5.41) is 6.26. The van der Waals surface area contributed by atoms with Crippen LogP contribution in [0.25, 0.3) is 0 Å². The van der Waals surface area contributed by atoms with Gasteiger partial charge in [0.2, 0.25) is 0 Å². The minimum atomic E-state index is -0.416. The molecule has 1 unspecified atom stereocenters. The van der Waals surface area contributed by atoms with E-state index in [2.05, 4.69) is 10.5 Å². The van der Waals surface area contributed by atoms with E-state index < -0.39 is 5.91 Å². The van der Waals surface area contributed by atoms with Crippen LogP contribution in [0.4, 0.5) is 11.4 Å². The lowest BCUT2D eigenvalue weighted by Gasteiger charge is -2.21. The molecule has 1 atom stereocenters. The summed E-state index contributed by atoms with van der Waals surface area (Å²) < 4.78 is 0. The third kappa shape index (κ3) is 4.08. The fourth-order valence-corrected chi connectivity index (χ4v) is 3.00. The Morgan fingerprint density at radius 1 is 1.23 bits per heavy atom. The molecule has 0 saturated carbocycles. The number of para-hydroxylation sites is 1. The van der Waals surface area contributed by atoms with Crippen molar-refractivity contribution in [2.75, 3.05) is 16.8 Å². The minimum Gasteiger partial charge on any atom is -0.385 e. The molecular formula is C20H21N3O3. The van der Waals surface area contributed by atoms with Gasteiger partial charge in [-0.25, -0.2) is 0 Å². The Morgan fingerprint density at radius 2 is 1.96 bits per heavy atom. The van der Waals surface area contributed by atoms with Gasteiger partial charge in [0.15, 0.2) is 6.61 Å². The second-order valence-electron chi connectivity index (χ2n) is 6.31. The van der Waals surface area contributed by atoms with E-state index >= 15 is 0 Å². The van der Waals surface area contributed by atoms with Crippen molar-refractivity contribution in [2.45, 2.75) is 26.3 Å². The largest absolute Gasteiger partial charge is 0.385 e. The summed E-state index contributed by atoms with van der Waals surface area (Å²) in [6, 6.07) is 15.3. The van der Waals surface area contributed by atoms with E-state index in [0.29, 0.717) is 5.69 Å². The maximum atomic E-state index is 12.4. The average molecular weight is 351 g/mol. The lowest BCUT2D eigenvalue weighted by Crippen LogP contribution is -2.38. The molecule has 0 fully saturated rings. The monoisotopic (exact) mass is 351 g/mol. The molecule has 2 aromatic carbocycles. The van der Waals surface area contributed by atoms with Crippen LogP contribution in [-0.4, -0.2) is 30.7 Å². The zero-order valence-corrected chi connectivity index (χ0v) is 14.8. The van der Waals surface area contributed by atoms with Gasteiger partial charge in [-0.2, -0.15) is 0 Å². The number of fused-ring (bicyclic) bond motifs is 1. The van der Waals surface area contributed by atoms with Gasteiger partial charge in [-0.3, -0.25) is 9.59 Å². The highest BCUT2D eigenvalue weighted by Gasteiger charge is 2.30. The predicted octanol–water partition coefficient (Wildman–Crippen LogP) is 2.91. The van der Waals surface area contributed by atoms with E-state index in [-0.39, 0.29) is 18.6 Å². The number of aryl methyl sites for hydroxylation is 1. The number of oxime groups is 1. The first kappa shape index (κ1) is 17.7. The maximum absolute atomic E-state index is 12.4. The number of nitrogens with one attached hydrogen (secondary N) is 1. The Hall–Kier alpha value is -3.15. The molecule has 2 amide bonds. The van der Waals surface area contributed by atoms with Crippen molar-refractivity contribution >= 4 is 29.4 Å². The number of amides is 2. The van der Waals surface area contributed by atoms with Gasteiger partial charge in [-0.05, 0) is 44.0 Å². The van der Waals surface area contributed by atoms with Crippen molar-refractivity contribution in [1.82, 2.24) is 0 Å². The lowest BCUT2D eigenvalue weighted by atomic mass is 10.1. The minimum absolute atomic E-state index is 0.0808. The van der Waals surface area contributed by atoms with Crippen LogP contribution in [0.15, 0.2) is 53.7 Å². The zero-order valence-electron chi connectivity index (χ0n) is 14.8. The van der Waals surface area contributed by atoms with Crippen LogP contribution in [0.2, 0.25) is 0 Å². The summed E-state index contributed by atoms with van der Waals surface area (Å²) in [6.07, 6.45) is 1.85. The third-order valence-corrected chi connectivity index (χ3v) is 4.23. The van der Waals surface area contributed by atoms with Crippen molar-refractivity contribution in [1.29, 1.82) is 0 Å². The van der Waals surface area contributed by atoms with Crippen LogP contribution < -0.4 is 10.2 Å². The van der Waals surface area contributed by atoms with E-state index in [0.717, 1.165) is 29.4 Å². The molecule has 2 aromatic rings. The maximum Gasteiger partial charge on any atom is 0.270 e. The third-order valence-electron chi connectivity index (χ3n) is 4.23. The summed E-state index contributed by atoms with van der Waals surface area (Å²) >= 11 is 0. The quantitative estimate of drug-likeness (QED) is 0.665. The first-order valence-corrected chi connectivity index (χ1v) is 8.47. The molecule has 0 bridgehead atoms. The average Bonchev–Trinajstić information content (AvgIpc) is 2.96. The lowest BCUT2D eigenvalue weighted by molar-refractivity contribution is -0.123. The van der Waals surface area contributed by atoms with E-state index in [1.54, 1.807) is 17.0 Å². The summed E-state index contributed by atoms with van der Waals surface area (Å²) in [6.45, 7) is 3.75. The van der Waals surface area contributed by atoms with E-state index in [4.69, 9.17) is 4.84 Å². The highest BCUT2D eigenvalue weighted by Crippen LogP contribution is 2.31. The van der Waals surface area contributed by atoms with Crippen LogP contribution in [0.3, 0.4) is 0 Å². The van der Waals surface area contributed by atoms with Gasteiger partial charge in [0.05, 0.1) is 0 Å². The normalized spacial score (nSPS) is 15.8. The summed E-state index contributed by atoms with van der Waals surface area (Å²) in [5.41, 5.74) is 3.84. The number of hydrogen-bond donors (Lipinski definition) is 1. The van der Waals surface area contributed by atoms with Crippen LogP contribution >= 0.6 is 0 Å². The number of hydrogen-bond acceptors (Lipinski definition) is 4. The van der Waals surface area contributed by atoms with Crippen LogP contribution in [0, 0.1) is 6.92 Å².